The fraction of sp³-hybridized carbons (Fsp3) is 0.750. The number of nitrogens with zero attached hydrogens (tertiary/aromatic N) is 2. The van der Waals surface area contributed by atoms with E-state index in [0.29, 0.717) is 0 Å². The topological polar surface area (TPSA) is 6.48 Å². The van der Waals surface area contributed by atoms with E-state index in [1.165, 1.54) is 19.4 Å². The molecule has 1 aliphatic rings. The van der Waals surface area contributed by atoms with Gasteiger partial charge in [0.15, 0.2) is 0 Å². The number of halogens is 4. The average Bonchev–Trinajstić information content (AvgIpc) is 2.31. The Bertz CT molecular complexity index is 138. The zero-order valence-corrected chi connectivity index (χ0v) is 12.9. The second-order valence-electron chi connectivity index (χ2n) is 2.86. The van der Waals surface area contributed by atoms with Crippen molar-refractivity contribution >= 4 is 0 Å². The Morgan fingerprint density at radius 1 is 1.07 bits per heavy atom. The Morgan fingerprint density at radius 2 is 1.60 bits per heavy atom. The van der Waals surface area contributed by atoms with Crippen LogP contribution in [0.1, 0.15) is 19.8 Å². The molecule has 0 aromatic carbocycles. The SMILES string of the molecule is CCCCN1C=CN(C)C1.[Cl-].[Cl-].[Cl-].[Cl-].[Fe+4]. The minimum atomic E-state index is 0. The van der Waals surface area contributed by atoms with E-state index in [9.17, 15) is 0 Å². The summed E-state index contributed by atoms with van der Waals surface area (Å²) in [4.78, 5) is 4.53. The molecule has 0 amide bonds. The largest absolute Gasteiger partial charge is 4.00 e. The van der Waals surface area contributed by atoms with E-state index < -0.39 is 0 Å². The van der Waals surface area contributed by atoms with Crippen molar-refractivity contribution < 1.29 is 66.7 Å². The van der Waals surface area contributed by atoms with Gasteiger partial charge in [-0.2, -0.15) is 0 Å². The van der Waals surface area contributed by atoms with Crippen LogP contribution in [0, 0.1) is 0 Å². The normalized spacial score (nSPS) is 11.3. The average molecular weight is 338 g/mol. The summed E-state index contributed by atoms with van der Waals surface area (Å²) in [5.74, 6) is 0. The second-order valence-corrected chi connectivity index (χ2v) is 2.86. The molecule has 0 aromatic rings. The van der Waals surface area contributed by atoms with Crippen LogP contribution >= 0.6 is 0 Å². The molecule has 0 saturated carbocycles. The molecule has 0 saturated heterocycles. The fourth-order valence-corrected chi connectivity index (χ4v) is 1.10. The second kappa shape index (κ2) is 17.4. The molecule has 7 heteroatoms. The summed E-state index contributed by atoms with van der Waals surface area (Å²) in [5, 5.41) is 0. The zero-order valence-electron chi connectivity index (χ0n) is 8.74. The maximum Gasteiger partial charge on any atom is 4.00 e. The number of unbranched alkanes of at least 4 members (excludes halogenated alkanes) is 1. The van der Waals surface area contributed by atoms with E-state index in [-0.39, 0.29) is 66.7 Å². The van der Waals surface area contributed by atoms with E-state index >= 15 is 0 Å². The third-order valence-electron chi connectivity index (χ3n) is 1.74. The van der Waals surface area contributed by atoms with Crippen LogP contribution in [0.3, 0.4) is 0 Å². The van der Waals surface area contributed by atoms with Crippen molar-refractivity contribution in [2.45, 2.75) is 19.8 Å². The molecular weight excluding hydrogens is 322 g/mol. The van der Waals surface area contributed by atoms with Crippen molar-refractivity contribution in [1.82, 2.24) is 9.80 Å². The van der Waals surface area contributed by atoms with Gasteiger partial charge in [0.1, 0.15) is 0 Å². The van der Waals surface area contributed by atoms with Gasteiger partial charge in [-0.3, -0.25) is 0 Å². The predicted molar refractivity (Wildman–Crippen MR) is 43.4 cm³/mol. The summed E-state index contributed by atoms with van der Waals surface area (Å²) < 4.78 is 0. The van der Waals surface area contributed by atoms with Gasteiger partial charge in [-0.25, -0.2) is 0 Å². The van der Waals surface area contributed by atoms with Gasteiger partial charge in [0.05, 0.1) is 6.67 Å². The molecule has 1 rings (SSSR count). The zero-order chi connectivity index (χ0) is 7.40. The molecule has 0 N–H and O–H groups in total. The molecule has 15 heavy (non-hydrogen) atoms. The van der Waals surface area contributed by atoms with Crippen LogP contribution in [0.15, 0.2) is 12.4 Å². The number of rotatable bonds is 3. The van der Waals surface area contributed by atoms with Crippen LogP contribution in [-0.2, 0) is 17.1 Å². The fourth-order valence-electron chi connectivity index (χ4n) is 1.10. The molecule has 1 heterocycles. The Labute approximate surface area is 128 Å². The molecule has 0 aliphatic carbocycles. The van der Waals surface area contributed by atoms with Crippen LogP contribution in [0.5, 0.6) is 0 Å². The van der Waals surface area contributed by atoms with Crippen LogP contribution in [0.2, 0.25) is 0 Å². The summed E-state index contributed by atoms with van der Waals surface area (Å²) in [7, 11) is 2.10. The van der Waals surface area contributed by atoms with Crippen molar-refractivity contribution in [2.75, 3.05) is 20.3 Å². The molecule has 0 atom stereocenters. The molecule has 0 radical (unpaired) electrons. The molecule has 0 unspecified atom stereocenters. The first-order valence-electron chi connectivity index (χ1n) is 3.95. The summed E-state index contributed by atoms with van der Waals surface area (Å²) in [6.07, 6.45) is 6.87. The van der Waals surface area contributed by atoms with Gasteiger partial charge in [-0.15, -0.1) is 0 Å². The first kappa shape index (κ1) is 29.8. The molecule has 1 aliphatic heterocycles. The Balaban J connectivity index is -0.0000000667. The van der Waals surface area contributed by atoms with Crippen molar-refractivity contribution in [2.24, 2.45) is 0 Å². The first-order chi connectivity index (χ1) is 4.83. The minimum Gasteiger partial charge on any atom is -1.00 e. The van der Waals surface area contributed by atoms with E-state index in [1.54, 1.807) is 0 Å². The maximum atomic E-state index is 2.34. The Hall–Kier alpha value is 1.02. The van der Waals surface area contributed by atoms with Crippen LogP contribution < -0.4 is 49.6 Å². The van der Waals surface area contributed by atoms with E-state index in [0.717, 1.165) is 6.67 Å². The molecular formula is C8H16Cl4FeN2. The molecule has 0 bridgehead atoms. The molecule has 0 spiro atoms. The number of hydrogen-bond acceptors (Lipinski definition) is 2. The Morgan fingerprint density at radius 3 is 1.93 bits per heavy atom. The summed E-state index contributed by atoms with van der Waals surface area (Å²) >= 11 is 0. The molecule has 0 aromatic heterocycles. The van der Waals surface area contributed by atoms with E-state index in [4.69, 9.17) is 0 Å². The molecule has 94 valence electrons. The van der Waals surface area contributed by atoms with Crippen molar-refractivity contribution in [3.8, 4) is 0 Å². The summed E-state index contributed by atoms with van der Waals surface area (Å²) in [5.41, 5.74) is 0. The summed E-state index contributed by atoms with van der Waals surface area (Å²) in [6.45, 7) is 4.50. The quantitative estimate of drug-likeness (QED) is 0.472. The van der Waals surface area contributed by atoms with Gasteiger partial charge in [0.25, 0.3) is 0 Å². The van der Waals surface area contributed by atoms with Crippen LogP contribution in [0.4, 0.5) is 0 Å². The molecule has 2 nitrogen and oxygen atoms in total. The van der Waals surface area contributed by atoms with Gasteiger partial charge < -0.3 is 59.4 Å². The monoisotopic (exact) mass is 336 g/mol. The standard InChI is InChI=1S/C8H16N2.4ClH.Fe/c1-3-4-5-10-7-6-9(2)8-10;;;;;/h6-7H,3-5,8H2,1-2H3;4*1H;/q;;;;;+4/p-4. The third kappa shape index (κ3) is 13.0. The maximum absolute atomic E-state index is 2.34. The molecule has 0 fully saturated rings. The van der Waals surface area contributed by atoms with Gasteiger partial charge >= 0.3 is 17.1 Å². The smallest absolute Gasteiger partial charge is 1.00 e. The third-order valence-corrected chi connectivity index (χ3v) is 1.74. The van der Waals surface area contributed by atoms with E-state index in [1.807, 2.05) is 0 Å². The van der Waals surface area contributed by atoms with Gasteiger partial charge in [0.2, 0.25) is 0 Å². The van der Waals surface area contributed by atoms with Crippen molar-refractivity contribution in [3.05, 3.63) is 12.4 Å². The number of hydrogen-bond donors (Lipinski definition) is 0. The minimum absolute atomic E-state index is 0. The van der Waals surface area contributed by atoms with Gasteiger partial charge in [-0.1, -0.05) is 13.3 Å². The predicted octanol–water partition coefficient (Wildman–Crippen LogP) is -10.5. The van der Waals surface area contributed by atoms with Gasteiger partial charge in [-0.05, 0) is 6.42 Å². The summed E-state index contributed by atoms with van der Waals surface area (Å²) in [6, 6.07) is 0. The van der Waals surface area contributed by atoms with E-state index in [2.05, 4.69) is 36.2 Å². The first-order valence-corrected chi connectivity index (χ1v) is 3.95. The van der Waals surface area contributed by atoms with Crippen molar-refractivity contribution in [1.29, 1.82) is 0 Å². The van der Waals surface area contributed by atoms with Crippen LogP contribution in [0.25, 0.3) is 0 Å². The van der Waals surface area contributed by atoms with Crippen LogP contribution in [-0.4, -0.2) is 30.1 Å². The Kier molecular flexibility index (Phi) is 34.6. The van der Waals surface area contributed by atoms with Gasteiger partial charge in [0, 0.05) is 26.0 Å². The van der Waals surface area contributed by atoms with Crippen molar-refractivity contribution in [3.63, 3.8) is 0 Å².